The normalized spacial score (nSPS) is 19.5. The lowest BCUT2D eigenvalue weighted by molar-refractivity contribution is -0.113. The summed E-state index contributed by atoms with van der Waals surface area (Å²) in [6.45, 7) is 5.10. The van der Waals surface area contributed by atoms with E-state index in [9.17, 15) is 4.79 Å². The summed E-state index contributed by atoms with van der Waals surface area (Å²) in [7, 11) is 1.88. The van der Waals surface area contributed by atoms with Gasteiger partial charge in [0.1, 0.15) is 6.33 Å². The maximum Gasteiger partial charge on any atom is 0.255 e. The minimum absolute atomic E-state index is 0.156. The summed E-state index contributed by atoms with van der Waals surface area (Å²) in [5, 5.41) is 7.20. The Balaban J connectivity index is 1.61. The topological polar surface area (TPSA) is 85.2 Å². The Hall–Kier alpha value is -2.74. The van der Waals surface area contributed by atoms with E-state index in [1.807, 2.05) is 31.9 Å². The highest BCUT2D eigenvalue weighted by atomic mass is 16.5. The predicted octanol–water partition coefficient (Wildman–Crippen LogP) is 1.67. The molecule has 130 valence electrons. The highest BCUT2D eigenvalue weighted by Gasteiger charge is 2.32. The van der Waals surface area contributed by atoms with Crippen LogP contribution in [0.15, 0.2) is 29.9 Å². The SMILES string of the molecule is CC1=C(C(=O)Nc2cnc3c(c2)COCC3)C(C)n2ncnc2N1C. The van der Waals surface area contributed by atoms with Crippen molar-refractivity contribution < 1.29 is 9.53 Å². The van der Waals surface area contributed by atoms with Crippen molar-refractivity contribution >= 4 is 17.5 Å². The van der Waals surface area contributed by atoms with Gasteiger partial charge in [0.15, 0.2) is 0 Å². The molecule has 2 aliphatic rings. The van der Waals surface area contributed by atoms with Crippen LogP contribution in [-0.2, 0) is 22.6 Å². The largest absolute Gasteiger partial charge is 0.376 e. The second kappa shape index (κ2) is 5.96. The van der Waals surface area contributed by atoms with E-state index in [1.165, 1.54) is 6.33 Å². The summed E-state index contributed by atoms with van der Waals surface area (Å²) in [5.74, 6) is 0.575. The minimum Gasteiger partial charge on any atom is -0.376 e. The standard InChI is InChI=1S/C17H20N6O2/c1-10-15(11(2)23-17(22(10)3)19-9-20-23)16(24)21-13-6-12-8-25-5-4-14(12)18-7-13/h6-7,9,11H,4-5,8H2,1-3H3,(H,21,24). The molecule has 0 radical (unpaired) electrons. The molecule has 25 heavy (non-hydrogen) atoms. The summed E-state index contributed by atoms with van der Waals surface area (Å²) >= 11 is 0. The second-order valence-electron chi connectivity index (χ2n) is 6.33. The van der Waals surface area contributed by atoms with E-state index in [4.69, 9.17) is 4.74 Å². The molecule has 1 unspecified atom stereocenters. The number of carbonyl (C=O) groups excluding carboxylic acids is 1. The monoisotopic (exact) mass is 340 g/mol. The molecular weight excluding hydrogens is 320 g/mol. The quantitative estimate of drug-likeness (QED) is 0.895. The number of anilines is 2. The van der Waals surface area contributed by atoms with Gasteiger partial charge in [0.05, 0.1) is 36.7 Å². The van der Waals surface area contributed by atoms with Crippen LogP contribution in [0.4, 0.5) is 11.6 Å². The first kappa shape index (κ1) is 15.8. The number of hydrogen-bond acceptors (Lipinski definition) is 6. The Kier molecular flexibility index (Phi) is 3.76. The number of hydrogen-bond donors (Lipinski definition) is 1. The Morgan fingerprint density at radius 1 is 1.40 bits per heavy atom. The van der Waals surface area contributed by atoms with Gasteiger partial charge >= 0.3 is 0 Å². The molecule has 2 aliphatic heterocycles. The van der Waals surface area contributed by atoms with Crippen molar-refractivity contribution in [1.82, 2.24) is 19.7 Å². The van der Waals surface area contributed by atoms with Gasteiger partial charge in [0.2, 0.25) is 5.95 Å². The van der Waals surface area contributed by atoms with Crippen molar-refractivity contribution in [3.63, 3.8) is 0 Å². The number of pyridine rings is 1. The van der Waals surface area contributed by atoms with Gasteiger partial charge < -0.3 is 15.0 Å². The zero-order chi connectivity index (χ0) is 17.6. The molecule has 8 nitrogen and oxygen atoms in total. The Morgan fingerprint density at radius 3 is 3.08 bits per heavy atom. The van der Waals surface area contributed by atoms with Crippen LogP contribution < -0.4 is 10.2 Å². The van der Waals surface area contributed by atoms with Crippen LogP contribution >= 0.6 is 0 Å². The van der Waals surface area contributed by atoms with Gasteiger partial charge in [-0.05, 0) is 19.9 Å². The lowest BCUT2D eigenvalue weighted by Crippen LogP contribution is -2.34. The van der Waals surface area contributed by atoms with Crippen LogP contribution in [-0.4, -0.2) is 39.3 Å². The molecular formula is C17H20N6O2. The first-order chi connectivity index (χ1) is 12.1. The van der Waals surface area contributed by atoms with E-state index in [1.54, 1.807) is 10.9 Å². The minimum atomic E-state index is -0.192. The summed E-state index contributed by atoms with van der Waals surface area (Å²) in [6.07, 6.45) is 4.02. The average Bonchev–Trinajstić information content (AvgIpc) is 3.10. The lowest BCUT2D eigenvalue weighted by atomic mass is 10.0. The van der Waals surface area contributed by atoms with Gasteiger partial charge in [-0.15, -0.1) is 0 Å². The van der Waals surface area contributed by atoms with Gasteiger partial charge in [0.25, 0.3) is 5.91 Å². The average molecular weight is 340 g/mol. The molecule has 0 saturated heterocycles. The fraction of sp³-hybridized carbons (Fsp3) is 0.412. The first-order valence-electron chi connectivity index (χ1n) is 8.27. The number of rotatable bonds is 2. The summed E-state index contributed by atoms with van der Waals surface area (Å²) in [4.78, 5) is 23.5. The van der Waals surface area contributed by atoms with E-state index in [0.717, 1.165) is 29.3 Å². The van der Waals surface area contributed by atoms with Crippen LogP contribution in [0.1, 0.15) is 31.1 Å². The van der Waals surface area contributed by atoms with Crippen molar-refractivity contribution in [2.45, 2.75) is 32.9 Å². The van der Waals surface area contributed by atoms with Crippen molar-refractivity contribution in [1.29, 1.82) is 0 Å². The van der Waals surface area contributed by atoms with E-state index in [0.29, 0.717) is 24.5 Å². The molecule has 0 fully saturated rings. The number of ether oxygens (including phenoxy) is 1. The number of allylic oxidation sites excluding steroid dienone is 1. The molecule has 0 bridgehead atoms. The zero-order valence-corrected chi connectivity index (χ0v) is 14.5. The highest BCUT2D eigenvalue weighted by molar-refractivity contribution is 6.05. The third kappa shape index (κ3) is 2.58. The molecule has 8 heteroatoms. The lowest BCUT2D eigenvalue weighted by Gasteiger charge is -2.31. The first-order valence-corrected chi connectivity index (χ1v) is 8.27. The summed E-state index contributed by atoms with van der Waals surface area (Å²) < 4.78 is 7.21. The highest BCUT2D eigenvalue weighted by Crippen LogP contribution is 2.33. The van der Waals surface area contributed by atoms with Crippen LogP contribution in [0.5, 0.6) is 0 Å². The number of amides is 1. The smallest absolute Gasteiger partial charge is 0.255 e. The van der Waals surface area contributed by atoms with Crippen LogP contribution in [0.2, 0.25) is 0 Å². The number of fused-ring (bicyclic) bond motifs is 2. The molecule has 1 N–H and O–H groups in total. The molecule has 0 aliphatic carbocycles. The van der Waals surface area contributed by atoms with Gasteiger partial charge in [-0.2, -0.15) is 10.1 Å². The number of nitrogens with zero attached hydrogens (tertiary/aromatic N) is 5. The predicted molar refractivity (Wildman–Crippen MR) is 92.1 cm³/mol. The molecule has 2 aromatic rings. The van der Waals surface area contributed by atoms with Crippen LogP contribution in [0, 0.1) is 0 Å². The molecule has 1 amide bonds. The molecule has 0 spiro atoms. The van der Waals surface area contributed by atoms with E-state index in [-0.39, 0.29) is 11.9 Å². The molecule has 0 saturated carbocycles. The Labute approximate surface area is 145 Å². The number of carbonyl (C=O) groups is 1. The van der Waals surface area contributed by atoms with Crippen molar-refractivity contribution in [3.05, 3.63) is 41.1 Å². The third-order valence-corrected chi connectivity index (χ3v) is 4.83. The van der Waals surface area contributed by atoms with Crippen molar-refractivity contribution in [3.8, 4) is 0 Å². The fourth-order valence-corrected chi connectivity index (χ4v) is 3.37. The maximum absolute atomic E-state index is 12.9. The Bertz CT molecular complexity index is 872. The fourth-order valence-electron chi connectivity index (χ4n) is 3.37. The van der Waals surface area contributed by atoms with Crippen LogP contribution in [0.25, 0.3) is 0 Å². The summed E-state index contributed by atoms with van der Waals surface area (Å²) in [6, 6.07) is 1.75. The van der Waals surface area contributed by atoms with Gasteiger partial charge in [0, 0.05) is 30.4 Å². The molecule has 0 aromatic carbocycles. The Morgan fingerprint density at radius 2 is 2.24 bits per heavy atom. The second-order valence-corrected chi connectivity index (χ2v) is 6.33. The van der Waals surface area contributed by atoms with E-state index >= 15 is 0 Å². The van der Waals surface area contributed by atoms with Crippen LogP contribution in [0.3, 0.4) is 0 Å². The molecule has 4 heterocycles. The van der Waals surface area contributed by atoms with Crippen molar-refractivity contribution in [2.75, 3.05) is 23.9 Å². The van der Waals surface area contributed by atoms with E-state index in [2.05, 4.69) is 20.4 Å². The molecule has 2 aromatic heterocycles. The van der Waals surface area contributed by atoms with Gasteiger partial charge in [-0.1, -0.05) is 0 Å². The van der Waals surface area contributed by atoms with Crippen molar-refractivity contribution in [2.24, 2.45) is 0 Å². The number of nitrogens with one attached hydrogen (secondary N) is 1. The molecule has 1 atom stereocenters. The van der Waals surface area contributed by atoms with Gasteiger partial charge in [-0.25, -0.2) is 4.68 Å². The third-order valence-electron chi connectivity index (χ3n) is 4.83. The maximum atomic E-state index is 12.9. The summed E-state index contributed by atoms with van der Waals surface area (Å²) in [5.41, 5.74) is 4.27. The van der Waals surface area contributed by atoms with Gasteiger partial charge in [-0.3, -0.25) is 9.78 Å². The zero-order valence-electron chi connectivity index (χ0n) is 14.5. The van der Waals surface area contributed by atoms with E-state index < -0.39 is 0 Å². The number of aromatic nitrogens is 4. The molecule has 4 rings (SSSR count).